The zero-order valence-corrected chi connectivity index (χ0v) is 17.7. The smallest absolute Gasteiger partial charge is 0.271 e. The summed E-state index contributed by atoms with van der Waals surface area (Å²) in [7, 11) is 0. The fourth-order valence-corrected chi connectivity index (χ4v) is 6.38. The maximum Gasteiger partial charge on any atom is 0.271 e. The monoisotopic (exact) mass is 444 g/mol. The van der Waals surface area contributed by atoms with Crippen molar-refractivity contribution in [1.82, 2.24) is 0 Å². The lowest BCUT2D eigenvalue weighted by Gasteiger charge is -2.52. The van der Waals surface area contributed by atoms with Crippen molar-refractivity contribution in [3.8, 4) is 0 Å². The number of carbonyl (C=O) groups excluding carboxylic acids is 2. The summed E-state index contributed by atoms with van der Waals surface area (Å²) in [5.41, 5.74) is 3.38. The minimum atomic E-state index is -0.693. The van der Waals surface area contributed by atoms with Gasteiger partial charge in [0.25, 0.3) is 5.69 Å². The van der Waals surface area contributed by atoms with Crippen LogP contribution in [0.3, 0.4) is 0 Å². The van der Waals surface area contributed by atoms with Gasteiger partial charge in [0.05, 0.1) is 27.5 Å². The van der Waals surface area contributed by atoms with Crippen LogP contribution in [0.5, 0.6) is 0 Å². The molecule has 32 heavy (non-hydrogen) atoms. The molecule has 0 saturated carbocycles. The summed E-state index contributed by atoms with van der Waals surface area (Å²) in [6, 6.07) is 19.8. The fraction of sp³-hybridized carbons (Fsp3) is 0.200. The molecule has 3 aromatic carbocycles. The molecule has 6 nitrogen and oxygen atoms in total. The molecule has 0 N–H and O–H groups in total. The van der Waals surface area contributed by atoms with Crippen LogP contribution in [-0.2, 0) is 15.0 Å². The number of hydrogen-bond donors (Lipinski definition) is 0. The first-order valence-electron chi connectivity index (χ1n) is 10.4. The van der Waals surface area contributed by atoms with Crippen LogP contribution < -0.4 is 4.90 Å². The standard InChI is InChI=1S/C25H17ClN2O4/c1-25-16-8-4-2-6-14(16)20(15-7-3-5-9-17(15)25)21-22(25)24(30)27(23(21)29)19-12-13(28(31)32)10-11-18(19)26/h2-12,20-22H,1H3/t20?,21-,22+,25?/m1/s1. The second kappa shape index (κ2) is 6.26. The van der Waals surface area contributed by atoms with Gasteiger partial charge in [0.1, 0.15) is 0 Å². The first kappa shape index (κ1) is 19.2. The van der Waals surface area contributed by atoms with Gasteiger partial charge in [-0.2, -0.15) is 0 Å². The Labute approximate surface area is 188 Å². The highest BCUT2D eigenvalue weighted by Gasteiger charge is 2.66. The van der Waals surface area contributed by atoms with Crippen LogP contribution in [0.4, 0.5) is 11.4 Å². The molecule has 0 radical (unpaired) electrons. The van der Waals surface area contributed by atoms with Gasteiger partial charge in [0.15, 0.2) is 0 Å². The number of amides is 2. The van der Waals surface area contributed by atoms with Gasteiger partial charge in [-0.1, -0.05) is 67.1 Å². The topological polar surface area (TPSA) is 80.5 Å². The Morgan fingerprint density at radius 1 is 0.938 bits per heavy atom. The van der Waals surface area contributed by atoms with Gasteiger partial charge in [-0.15, -0.1) is 0 Å². The summed E-state index contributed by atoms with van der Waals surface area (Å²) in [5.74, 6) is -2.18. The van der Waals surface area contributed by atoms with Gasteiger partial charge in [0, 0.05) is 23.5 Å². The molecule has 1 aliphatic heterocycles. The number of imide groups is 1. The van der Waals surface area contributed by atoms with E-state index in [1.54, 1.807) is 0 Å². The van der Waals surface area contributed by atoms with Crippen LogP contribution in [-0.4, -0.2) is 16.7 Å². The van der Waals surface area contributed by atoms with Crippen LogP contribution in [0, 0.1) is 22.0 Å². The molecule has 2 atom stereocenters. The molecule has 7 heteroatoms. The van der Waals surface area contributed by atoms with Crippen LogP contribution >= 0.6 is 11.6 Å². The number of anilines is 1. The molecule has 1 heterocycles. The molecule has 0 aromatic heterocycles. The minimum Gasteiger partial charge on any atom is -0.274 e. The number of rotatable bonds is 2. The Kier molecular flexibility index (Phi) is 3.76. The molecular formula is C25H17ClN2O4. The number of benzene rings is 3. The number of hydrogen-bond acceptors (Lipinski definition) is 4. The first-order valence-corrected chi connectivity index (χ1v) is 10.7. The van der Waals surface area contributed by atoms with Gasteiger partial charge in [-0.25, -0.2) is 4.90 Å². The molecule has 1 fully saturated rings. The van der Waals surface area contributed by atoms with Crippen molar-refractivity contribution in [2.75, 3.05) is 4.90 Å². The average Bonchev–Trinajstić information content (AvgIpc) is 3.06. The predicted octanol–water partition coefficient (Wildman–Crippen LogP) is 4.82. The van der Waals surface area contributed by atoms with E-state index in [0.29, 0.717) is 0 Å². The highest BCUT2D eigenvalue weighted by molar-refractivity contribution is 6.36. The SMILES string of the molecule is CC12c3ccccc3C(c3ccccc31)[C@H]1C(=O)N(c3cc([N+](=O)[O-])ccc3Cl)C(=O)[C@H]12. The third-order valence-corrected chi connectivity index (χ3v) is 7.74. The van der Waals surface area contributed by atoms with Crippen LogP contribution in [0.2, 0.25) is 5.02 Å². The maximum absolute atomic E-state index is 13.9. The van der Waals surface area contributed by atoms with Gasteiger partial charge in [0.2, 0.25) is 11.8 Å². The van der Waals surface area contributed by atoms with Crippen molar-refractivity contribution in [2.24, 2.45) is 11.8 Å². The molecule has 1 saturated heterocycles. The number of nitro benzene ring substituents is 1. The summed E-state index contributed by atoms with van der Waals surface area (Å²) >= 11 is 6.34. The molecule has 7 rings (SSSR count). The second-order valence-electron chi connectivity index (χ2n) is 8.76. The van der Waals surface area contributed by atoms with E-state index in [4.69, 9.17) is 11.6 Å². The lowest BCUT2D eigenvalue weighted by atomic mass is 9.48. The number of nitrogens with zero attached hydrogens (tertiary/aromatic N) is 2. The van der Waals surface area contributed by atoms with Crippen molar-refractivity contribution in [3.63, 3.8) is 0 Å². The summed E-state index contributed by atoms with van der Waals surface area (Å²) in [5, 5.41) is 11.5. The Balaban J connectivity index is 1.60. The highest BCUT2D eigenvalue weighted by atomic mass is 35.5. The van der Waals surface area contributed by atoms with Gasteiger partial charge in [-0.3, -0.25) is 19.7 Å². The predicted molar refractivity (Wildman–Crippen MR) is 119 cm³/mol. The zero-order chi connectivity index (χ0) is 22.4. The van der Waals surface area contributed by atoms with Crippen molar-refractivity contribution < 1.29 is 14.5 Å². The van der Waals surface area contributed by atoms with E-state index in [2.05, 4.69) is 0 Å². The second-order valence-corrected chi connectivity index (χ2v) is 9.17. The largest absolute Gasteiger partial charge is 0.274 e. The molecule has 3 aromatic rings. The molecule has 4 aliphatic rings. The fourth-order valence-electron chi connectivity index (χ4n) is 6.17. The van der Waals surface area contributed by atoms with E-state index in [-0.39, 0.29) is 34.1 Å². The van der Waals surface area contributed by atoms with E-state index in [1.807, 2.05) is 55.5 Å². The van der Waals surface area contributed by atoms with Crippen LogP contribution in [0.1, 0.15) is 35.1 Å². The summed E-state index contributed by atoms with van der Waals surface area (Å²) < 4.78 is 0. The minimum absolute atomic E-state index is 0.0707. The van der Waals surface area contributed by atoms with Crippen LogP contribution in [0.15, 0.2) is 66.7 Å². The van der Waals surface area contributed by atoms with E-state index >= 15 is 0 Å². The average molecular weight is 445 g/mol. The number of halogens is 1. The van der Waals surface area contributed by atoms with Crippen molar-refractivity contribution in [2.45, 2.75) is 18.3 Å². The Morgan fingerprint density at radius 2 is 1.53 bits per heavy atom. The molecule has 3 aliphatic carbocycles. The number of carbonyl (C=O) groups is 2. The van der Waals surface area contributed by atoms with Crippen molar-refractivity contribution in [1.29, 1.82) is 0 Å². The van der Waals surface area contributed by atoms with Gasteiger partial charge < -0.3 is 0 Å². The van der Waals surface area contributed by atoms with Gasteiger partial charge in [-0.05, 0) is 28.3 Å². The van der Waals surface area contributed by atoms with E-state index < -0.39 is 22.2 Å². The Morgan fingerprint density at radius 3 is 2.12 bits per heavy atom. The maximum atomic E-state index is 13.9. The summed E-state index contributed by atoms with van der Waals surface area (Å²) in [4.78, 5) is 39.5. The molecule has 158 valence electrons. The van der Waals surface area contributed by atoms with Crippen LogP contribution in [0.25, 0.3) is 0 Å². The van der Waals surface area contributed by atoms with E-state index in [1.165, 1.54) is 18.2 Å². The third-order valence-electron chi connectivity index (χ3n) is 7.42. The molecular weight excluding hydrogens is 428 g/mol. The normalized spacial score (nSPS) is 27.2. The third kappa shape index (κ3) is 2.15. The molecule has 0 unspecified atom stereocenters. The van der Waals surface area contributed by atoms with Crippen molar-refractivity contribution in [3.05, 3.63) is 104 Å². The summed E-state index contributed by atoms with van der Waals surface area (Å²) in [6.45, 7) is 2.03. The summed E-state index contributed by atoms with van der Waals surface area (Å²) in [6.07, 6.45) is 0. The van der Waals surface area contributed by atoms with Crippen molar-refractivity contribution >= 4 is 34.8 Å². The quantitative estimate of drug-likeness (QED) is 0.322. The number of non-ortho nitro benzene ring substituents is 1. The molecule has 2 amide bonds. The Hall–Kier alpha value is -3.51. The van der Waals surface area contributed by atoms with E-state index in [0.717, 1.165) is 27.2 Å². The zero-order valence-electron chi connectivity index (χ0n) is 17.0. The highest BCUT2D eigenvalue weighted by Crippen LogP contribution is 2.64. The van der Waals surface area contributed by atoms with Gasteiger partial charge >= 0.3 is 0 Å². The Bertz CT molecular complexity index is 1320. The lowest BCUT2D eigenvalue weighted by Crippen LogP contribution is -2.51. The lowest BCUT2D eigenvalue weighted by molar-refractivity contribution is -0.384. The first-order chi connectivity index (χ1) is 15.4. The van der Waals surface area contributed by atoms with E-state index in [9.17, 15) is 19.7 Å². The number of nitro groups is 1. The molecule has 0 spiro atoms. The molecule has 2 bridgehead atoms.